The number of carbonyl (C=O) groups is 1. The van der Waals surface area contributed by atoms with Crippen LogP contribution in [0.1, 0.15) is 37.8 Å². The number of aliphatic hydroxyl groups is 1. The van der Waals surface area contributed by atoms with E-state index in [1.165, 1.54) is 22.3 Å². The molecule has 1 atom stereocenters. The lowest BCUT2D eigenvalue weighted by atomic mass is 9.98. The number of alkyl carbamates (subject to hydrolysis) is 1. The lowest BCUT2D eigenvalue weighted by Crippen LogP contribution is -2.44. The Bertz CT molecular complexity index is 845. The zero-order chi connectivity index (χ0) is 21.9. The maximum absolute atomic E-state index is 12.2. The second-order valence-corrected chi connectivity index (χ2v) is 14.2. The molecule has 0 spiro atoms. The summed E-state index contributed by atoms with van der Waals surface area (Å²) in [6, 6.07) is 16.5. The van der Waals surface area contributed by atoms with Gasteiger partial charge in [0, 0.05) is 12.5 Å². The molecular weight excluding hydrogens is 394 g/mol. The third kappa shape index (κ3) is 4.94. The maximum Gasteiger partial charge on any atom is 0.407 e. The molecule has 2 aromatic carbocycles. The summed E-state index contributed by atoms with van der Waals surface area (Å²) in [6.45, 7) is 11.3. The lowest BCUT2D eigenvalue weighted by molar-refractivity contribution is 0.0919. The summed E-state index contributed by atoms with van der Waals surface area (Å²) in [7, 11) is -1.93. The van der Waals surface area contributed by atoms with E-state index in [0.29, 0.717) is 0 Å². The predicted molar refractivity (Wildman–Crippen MR) is 122 cm³/mol. The molecule has 0 aliphatic heterocycles. The minimum Gasteiger partial charge on any atom is -0.449 e. The standard InChI is InChI=1S/C24H33NO4Si/c1-24(2,3)30(4,5)29-15-17(26)14-25-23(27)28-16-22-20-12-8-6-10-18(20)19-11-7-9-13-21(19)22/h6-13,17,22,26H,14-16H2,1-5H3,(H,25,27). The van der Waals surface area contributed by atoms with Crippen LogP contribution in [0.3, 0.4) is 0 Å². The summed E-state index contributed by atoms with van der Waals surface area (Å²) in [5, 5.41) is 12.9. The molecule has 6 heteroatoms. The number of carbonyl (C=O) groups excluding carboxylic acids is 1. The SMILES string of the molecule is CC(C)(C)[Si](C)(C)OCC(O)CNC(=O)OCC1c2ccccc2-c2ccccc21. The van der Waals surface area contributed by atoms with Crippen molar-refractivity contribution in [3.8, 4) is 11.1 Å². The van der Waals surface area contributed by atoms with Crippen LogP contribution in [0, 0.1) is 0 Å². The van der Waals surface area contributed by atoms with E-state index in [0.717, 1.165) is 0 Å². The van der Waals surface area contributed by atoms with Crippen LogP contribution in [0.25, 0.3) is 11.1 Å². The van der Waals surface area contributed by atoms with E-state index in [9.17, 15) is 9.90 Å². The molecule has 3 rings (SSSR count). The van der Waals surface area contributed by atoms with Gasteiger partial charge in [0.25, 0.3) is 0 Å². The van der Waals surface area contributed by atoms with Crippen molar-refractivity contribution in [2.45, 2.75) is 50.9 Å². The Labute approximate surface area is 180 Å². The fraction of sp³-hybridized carbons (Fsp3) is 0.458. The average molecular weight is 428 g/mol. The van der Waals surface area contributed by atoms with Gasteiger partial charge in [0.15, 0.2) is 8.32 Å². The van der Waals surface area contributed by atoms with Crippen molar-refractivity contribution >= 4 is 14.4 Å². The van der Waals surface area contributed by atoms with E-state index in [2.05, 4.69) is 63.4 Å². The molecule has 30 heavy (non-hydrogen) atoms. The first-order chi connectivity index (χ1) is 14.1. The Hall–Kier alpha value is -2.15. The molecule has 0 radical (unpaired) electrons. The largest absolute Gasteiger partial charge is 0.449 e. The highest BCUT2D eigenvalue weighted by atomic mass is 28.4. The van der Waals surface area contributed by atoms with E-state index >= 15 is 0 Å². The quantitative estimate of drug-likeness (QED) is 0.616. The number of rotatable bonds is 7. The van der Waals surface area contributed by atoms with Crippen LogP contribution in [-0.4, -0.2) is 45.4 Å². The summed E-state index contributed by atoms with van der Waals surface area (Å²) in [5.74, 6) is 0.0231. The summed E-state index contributed by atoms with van der Waals surface area (Å²) >= 11 is 0. The van der Waals surface area contributed by atoms with Gasteiger partial charge in [-0.3, -0.25) is 0 Å². The van der Waals surface area contributed by atoms with Crippen LogP contribution < -0.4 is 5.32 Å². The highest BCUT2D eigenvalue weighted by molar-refractivity contribution is 6.74. The van der Waals surface area contributed by atoms with Gasteiger partial charge in [-0.1, -0.05) is 69.3 Å². The number of hydrogen-bond acceptors (Lipinski definition) is 4. The van der Waals surface area contributed by atoms with Gasteiger partial charge in [-0.25, -0.2) is 4.79 Å². The van der Waals surface area contributed by atoms with E-state index in [4.69, 9.17) is 9.16 Å². The molecule has 0 saturated heterocycles. The Kier molecular flexibility index (Phi) is 6.70. The Morgan fingerprint density at radius 3 is 2.13 bits per heavy atom. The molecular formula is C24H33NO4Si. The van der Waals surface area contributed by atoms with Gasteiger partial charge in [0.2, 0.25) is 0 Å². The second kappa shape index (κ2) is 8.92. The number of ether oxygens (including phenoxy) is 1. The summed E-state index contributed by atoms with van der Waals surface area (Å²) in [6.07, 6.45) is -1.29. The highest BCUT2D eigenvalue weighted by Gasteiger charge is 2.37. The molecule has 5 nitrogen and oxygen atoms in total. The zero-order valence-corrected chi connectivity index (χ0v) is 19.6. The molecule has 2 aromatic rings. The molecule has 162 valence electrons. The average Bonchev–Trinajstić information content (AvgIpc) is 3.02. The molecule has 0 saturated carbocycles. The third-order valence-corrected chi connectivity index (χ3v) is 10.8. The number of aliphatic hydroxyl groups excluding tert-OH is 1. The van der Waals surface area contributed by atoms with Gasteiger partial charge < -0.3 is 19.6 Å². The molecule has 1 unspecified atom stereocenters. The van der Waals surface area contributed by atoms with Crippen LogP contribution in [0.2, 0.25) is 18.1 Å². The van der Waals surface area contributed by atoms with Crippen molar-refractivity contribution in [3.05, 3.63) is 59.7 Å². The van der Waals surface area contributed by atoms with Gasteiger partial charge in [0.05, 0.1) is 12.7 Å². The number of benzene rings is 2. The normalized spacial score (nSPS) is 14.7. The molecule has 1 aliphatic carbocycles. The van der Waals surface area contributed by atoms with E-state index in [1.807, 2.05) is 24.3 Å². The monoisotopic (exact) mass is 427 g/mol. The number of nitrogens with one attached hydrogen (secondary N) is 1. The van der Waals surface area contributed by atoms with Crippen molar-refractivity contribution in [2.75, 3.05) is 19.8 Å². The fourth-order valence-corrected chi connectivity index (χ4v) is 4.47. The van der Waals surface area contributed by atoms with Crippen molar-refractivity contribution < 1.29 is 19.1 Å². The topological polar surface area (TPSA) is 67.8 Å². The van der Waals surface area contributed by atoms with Crippen LogP contribution in [0.15, 0.2) is 48.5 Å². The fourth-order valence-electron chi connectivity index (χ4n) is 3.43. The molecule has 0 bridgehead atoms. The Balaban J connectivity index is 1.50. The van der Waals surface area contributed by atoms with Gasteiger partial charge in [0.1, 0.15) is 6.61 Å². The third-order valence-electron chi connectivity index (χ3n) is 6.27. The highest BCUT2D eigenvalue weighted by Crippen LogP contribution is 2.44. The molecule has 1 amide bonds. The molecule has 0 heterocycles. The summed E-state index contributed by atoms with van der Waals surface area (Å²) in [4.78, 5) is 12.2. The van der Waals surface area contributed by atoms with Crippen LogP contribution in [-0.2, 0) is 9.16 Å². The lowest BCUT2D eigenvalue weighted by Gasteiger charge is -2.36. The molecule has 2 N–H and O–H groups in total. The van der Waals surface area contributed by atoms with Crippen LogP contribution in [0.4, 0.5) is 4.79 Å². The van der Waals surface area contributed by atoms with Crippen LogP contribution >= 0.6 is 0 Å². The first-order valence-corrected chi connectivity index (χ1v) is 13.4. The molecule has 1 aliphatic rings. The zero-order valence-electron chi connectivity index (χ0n) is 18.6. The van der Waals surface area contributed by atoms with Gasteiger partial charge in [-0.15, -0.1) is 0 Å². The Morgan fingerprint density at radius 2 is 1.60 bits per heavy atom. The first kappa shape index (κ1) is 22.5. The van der Waals surface area contributed by atoms with Crippen molar-refractivity contribution in [1.29, 1.82) is 0 Å². The number of fused-ring (bicyclic) bond motifs is 3. The van der Waals surface area contributed by atoms with E-state index < -0.39 is 20.5 Å². The molecule has 0 fully saturated rings. The van der Waals surface area contributed by atoms with Gasteiger partial charge in [-0.2, -0.15) is 0 Å². The van der Waals surface area contributed by atoms with Crippen molar-refractivity contribution in [2.24, 2.45) is 0 Å². The number of amides is 1. The van der Waals surface area contributed by atoms with Crippen molar-refractivity contribution in [3.63, 3.8) is 0 Å². The van der Waals surface area contributed by atoms with E-state index in [1.54, 1.807) is 0 Å². The smallest absolute Gasteiger partial charge is 0.407 e. The van der Waals surface area contributed by atoms with E-state index in [-0.39, 0.29) is 30.7 Å². The second-order valence-electron chi connectivity index (χ2n) is 9.43. The Morgan fingerprint density at radius 1 is 1.07 bits per heavy atom. The minimum atomic E-state index is -1.93. The van der Waals surface area contributed by atoms with Gasteiger partial charge >= 0.3 is 6.09 Å². The number of hydrogen-bond donors (Lipinski definition) is 2. The predicted octanol–water partition coefficient (Wildman–Crippen LogP) is 4.91. The van der Waals surface area contributed by atoms with Crippen LogP contribution in [0.5, 0.6) is 0 Å². The summed E-state index contributed by atoms with van der Waals surface area (Å²) < 4.78 is 11.5. The minimum absolute atomic E-state index is 0.0231. The first-order valence-electron chi connectivity index (χ1n) is 10.5. The molecule has 0 aromatic heterocycles. The summed E-state index contributed by atoms with van der Waals surface area (Å²) in [5.41, 5.74) is 4.74. The van der Waals surface area contributed by atoms with Gasteiger partial charge in [-0.05, 0) is 40.4 Å². The maximum atomic E-state index is 12.2. The van der Waals surface area contributed by atoms with Crippen molar-refractivity contribution in [1.82, 2.24) is 5.32 Å².